The minimum absolute atomic E-state index is 0.119. The van der Waals surface area contributed by atoms with Crippen molar-refractivity contribution in [2.24, 2.45) is 0 Å². The predicted octanol–water partition coefficient (Wildman–Crippen LogP) is 2.17. The molecule has 0 aliphatic carbocycles. The first-order valence-electron chi connectivity index (χ1n) is 4.37. The van der Waals surface area contributed by atoms with Gasteiger partial charge in [-0.3, -0.25) is 4.79 Å². The fourth-order valence-corrected chi connectivity index (χ4v) is 3.08. The van der Waals surface area contributed by atoms with Crippen molar-refractivity contribution in [3.63, 3.8) is 0 Å². The second kappa shape index (κ2) is 4.73. The Hall–Kier alpha value is -0.393. The summed E-state index contributed by atoms with van der Waals surface area (Å²) in [6.07, 6.45) is -0.238. The minimum atomic E-state index is -3.04. The lowest BCUT2D eigenvalue weighted by atomic mass is 10.5. The zero-order valence-electron chi connectivity index (χ0n) is 8.83. The van der Waals surface area contributed by atoms with E-state index in [1.165, 1.54) is 0 Å². The van der Waals surface area contributed by atoms with E-state index in [4.69, 9.17) is 14.0 Å². The van der Waals surface area contributed by atoms with E-state index in [2.05, 4.69) is 0 Å². The Bertz CT molecular complexity index is 169. The van der Waals surface area contributed by atoms with Crippen LogP contribution in [0.15, 0.2) is 0 Å². The van der Waals surface area contributed by atoms with Crippen LogP contribution >= 0.6 is 0 Å². The van der Waals surface area contributed by atoms with Gasteiger partial charge in [-0.2, -0.15) is 0 Å². The summed E-state index contributed by atoms with van der Waals surface area (Å²) in [7, 11) is -3.04. The monoisotopic (exact) mass is 206 g/mol. The molecule has 0 heterocycles. The average molecular weight is 206 g/mol. The van der Waals surface area contributed by atoms with Crippen molar-refractivity contribution in [3.8, 4) is 0 Å². The first kappa shape index (κ1) is 12.6. The number of carbonyl (C=O) groups is 1. The molecular weight excluding hydrogens is 188 g/mol. The summed E-state index contributed by atoms with van der Waals surface area (Å²) in [5.41, 5.74) is -0.963. The van der Waals surface area contributed by atoms with Crippen LogP contribution in [0, 0.1) is 0 Å². The molecule has 0 spiro atoms. The van der Waals surface area contributed by atoms with Crippen LogP contribution < -0.4 is 0 Å². The SMILES string of the molecule is CC(C)O[Si](C)(OC(C)C)C(=O)O. The van der Waals surface area contributed by atoms with Gasteiger partial charge >= 0.3 is 14.2 Å². The van der Waals surface area contributed by atoms with Gasteiger partial charge in [-0.1, -0.05) is 0 Å². The number of hydrogen-bond acceptors (Lipinski definition) is 3. The molecule has 0 fully saturated rings. The van der Waals surface area contributed by atoms with Crippen LogP contribution in [0.4, 0.5) is 4.79 Å². The van der Waals surface area contributed by atoms with Gasteiger partial charge in [-0.05, 0) is 34.2 Å². The summed E-state index contributed by atoms with van der Waals surface area (Å²) >= 11 is 0. The summed E-state index contributed by atoms with van der Waals surface area (Å²) in [4.78, 5) is 10.9. The molecule has 78 valence electrons. The normalized spacial score (nSPS) is 12.5. The summed E-state index contributed by atoms with van der Waals surface area (Å²) in [6.45, 7) is 8.76. The lowest BCUT2D eigenvalue weighted by Gasteiger charge is -2.26. The van der Waals surface area contributed by atoms with Crippen LogP contribution in [0.3, 0.4) is 0 Å². The van der Waals surface area contributed by atoms with Gasteiger partial charge in [0.1, 0.15) is 0 Å². The molecule has 0 aromatic rings. The molecule has 0 saturated carbocycles. The van der Waals surface area contributed by atoms with E-state index in [1.807, 2.05) is 0 Å². The molecular formula is C8H18O4Si. The highest BCUT2D eigenvalue weighted by atomic mass is 28.4. The molecule has 0 atom stereocenters. The maximum absolute atomic E-state index is 10.9. The van der Waals surface area contributed by atoms with E-state index in [9.17, 15) is 4.79 Å². The third kappa shape index (κ3) is 4.40. The topological polar surface area (TPSA) is 55.8 Å². The molecule has 0 aromatic heterocycles. The van der Waals surface area contributed by atoms with Gasteiger partial charge in [-0.15, -0.1) is 0 Å². The van der Waals surface area contributed by atoms with Gasteiger partial charge in [0.25, 0.3) is 0 Å². The zero-order chi connectivity index (χ0) is 10.6. The second-order valence-electron chi connectivity index (χ2n) is 3.58. The minimum Gasteiger partial charge on any atom is -0.481 e. The molecule has 13 heavy (non-hydrogen) atoms. The van der Waals surface area contributed by atoms with Gasteiger partial charge in [0.05, 0.1) is 0 Å². The molecule has 0 unspecified atom stereocenters. The summed E-state index contributed by atoms with van der Waals surface area (Å²) < 4.78 is 10.7. The molecule has 0 radical (unpaired) electrons. The van der Waals surface area contributed by atoms with Crippen LogP contribution in [0.5, 0.6) is 0 Å². The number of hydrogen-bond donors (Lipinski definition) is 1. The Labute approximate surface area is 80.1 Å². The predicted molar refractivity (Wildman–Crippen MR) is 52.1 cm³/mol. The van der Waals surface area contributed by atoms with Crippen LogP contribution in [-0.2, 0) is 8.85 Å². The third-order valence-corrected chi connectivity index (χ3v) is 3.93. The van der Waals surface area contributed by atoms with Gasteiger partial charge < -0.3 is 14.0 Å². The van der Waals surface area contributed by atoms with Crippen molar-refractivity contribution in [3.05, 3.63) is 0 Å². The van der Waals surface area contributed by atoms with E-state index in [-0.39, 0.29) is 12.2 Å². The van der Waals surface area contributed by atoms with Crippen LogP contribution in [-0.4, -0.2) is 31.5 Å². The lowest BCUT2D eigenvalue weighted by molar-refractivity contribution is 0.103. The molecule has 0 bridgehead atoms. The molecule has 5 heteroatoms. The Kier molecular flexibility index (Phi) is 4.59. The molecule has 0 amide bonds. The van der Waals surface area contributed by atoms with Crippen molar-refractivity contribution in [1.82, 2.24) is 0 Å². The first-order valence-corrected chi connectivity index (χ1v) is 6.68. The van der Waals surface area contributed by atoms with Crippen LogP contribution in [0.2, 0.25) is 6.55 Å². The maximum Gasteiger partial charge on any atom is 0.459 e. The van der Waals surface area contributed by atoms with Gasteiger partial charge in [0.15, 0.2) is 0 Å². The van der Waals surface area contributed by atoms with Crippen molar-refractivity contribution in [2.75, 3.05) is 0 Å². The highest BCUT2D eigenvalue weighted by Gasteiger charge is 2.43. The average Bonchev–Trinajstić information content (AvgIpc) is 1.82. The summed E-state index contributed by atoms with van der Waals surface area (Å²) in [5, 5.41) is 8.94. The highest BCUT2D eigenvalue weighted by molar-refractivity contribution is 6.94. The molecule has 0 saturated heterocycles. The van der Waals surface area contributed by atoms with Crippen LogP contribution in [0.25, 0.3) is 0 Å². The van der Waals surface area contributed by atoms with Crippen molar-refractivity contribution in [1.29, 1.82) is 0 Å². The van der Waals surface area contributed by atoms with Gasteiger partial charge in [0, 0.05) is 12.2 Å². The highest BCUT2D eigenvalue weighted by Crippen LogP contribution is 2.13. The third-order valence-electron chi connectivity index (χ3n) is 1.31. The largest absolute Gasteiger partial charge is 0.481 e. The first-order chi connectivity index (χ1) is 5.78. The maximum atomic E-state index is 10.9. The van der Waals surface area contributed by atoms with E-state index in [0.717, 1.165) is 0 Å². The molecule has 0 aliphatic heterocycles. The molecule has 0 aliphatic rings. The summed E-state index contributed by atoms with van der Waals surface area (Å²) in [6, 6.07) is 0. The second-order valence-corrected chi connectivity index (χ2v) is 6.37. The quantitative estimate of drug-likeness (QED) is 0.700. The van der Waals surface area contributed by atoms with Crippen molar-refractivity contribution < 1.29 is 18.8 Å². The smallest absolute Gasteiger partial charge is 0.459 e. The molecule has 1 N–H and O–H groups in total. The Balaban J connectivity index is 4.43. The van der Waals surface area contributed by atoms with E-state index in [1.54, 1.807) is 34.2 Å². The van der Waals surface area contributed by atoms with Gasteiger partial charge in [0.2, 0.25) is 0 Å². The Morgan fingerprint density at radius 2 is 1.46 bits per heavy atom. The zero-order valence-corrected chi connectivity index (χ0v) is 9.83. The Morgan fingerprint density at radius 3 is 1.62 bits per heavy atom. The molecule has 0 aromatic carbocycles. The summed E-state index contributed by atoms with van der Waals surface area (Å²) in [5.74, 6) is 0. The molecule has 4 nitrogen and oxygen atoms in total. The number of carboxylic acid groups (broad SMARTS) is 1. The standard InChI is InChI=1S/C8H18O4Si/c1-6(2)11-13(5,8(9)10)12-7(3)4/h6-7H,1-5H3,(H,9,10). The fraction of sp³-hybridized carbons (Fsp3) is 0.875. The van der Waals surface area contributed by atoms with E-state index < -0.39 is 14.2 Å². The van der Waals surface area contributed by atoms with Gasteiger partial charge in [-0.25, -0.2) is 0 Å². The Morgan fingerprint density at radius 1 is 1.15 bits per heavy atom. The fourth-order valence-electron chi connectivity index (χ4n) is 1.03. The van der Waals surface area contributed by atoms with Crippen molar-refractivity contribution >= 4 is 14.2 Å². The molecule has 0 rings (SSSR count). The van der Waals surface area contributed by atoms with Crippen molar-refractivity contribution in [2.45, 2.75) is 46.4 Å². The lowest BCUT2D eigenvalue weighted by Crippen LogP contribution is -2.50. The van der Waals surface area contributed by atoms with E-state index in [0.29, 0.717) is 0 Å². The van der Waals surface area contributed by atoms with Crippen LogP contribution in [0.1, 0.15) is 27.7 Å². The number of rotatable bonds is 5. The van der Waals surface area contributed by atoms with E-state index >= 15 is 0 Å².